The summed E-state index contributed by atoms with van der Waals surface area (Å²) >= 11 is 0. The molecule has 0 radical (unpaired) electrons. The van der Waals surface area contributed by atoms with Gasteiger partial charge in [0.25, 0.3) is 11.8 Å². The molecule has 4 rings (SSSR count). The zero-order valence-corrected chi connectivity index (χ0v) is 17.1. The third-order valence-electron chi connectivity index (χ3n) is 5.66. The molecule has 1 saturated heterocycles. The number of hydrogen-bond acceptors (Lipinski definition) is 6. The molecule has 1 aromatic carbocycles. The van der Waals surface area contributed by atoms with E-state index < -0.39 is 5.60 Å². The van der Waals surface area contributed by atoms with Crippen molar-refractivity contribution in [2.24, 2.45) is 0 Å². The van der Waals surface area contributed by atoms with Gasteiger partial charge in [0.05, 0.1) is 14.2 Å². The molecule has 0 unspecified atom stereocenters. The fourth-order valence-electron chi connectivity index (χ4n) is 3.63. The molecular weight excluding hydrogens is 386 g/mol. The van der Waals surface area contributed by atoms with Crippen LogP contribution in [0.5, 0.6) is 11.8 Å². The number of benzene rings is 1. The van der Waals surface area contributed by atoms with E-state index in [-0.39, 0.29) is 11.8 Å². The molecule has 158 valence electrons. The third-order valence-corrected chi connectivity index (χ3v) is 5.66. The van der Waals surface area contributed by atoms with Crippen LogP contribution in [0.25, 0.3) is 11.1 Å². The summed E-state index contributed by atoms with van der Waals surface area (Å²) in [7, 11) is 3.10. The normalized spacial score (nSPS) is 17.4. The molecule has 0 bridgehead atoms. The van der Waals surface area contributed by atoms with Gasteiger partial charge < -0.3 is 24.4 Å². The fraction of sp³-hybridized carbons (Fsp3) is 0.409. The summed E-state index contributed by atoms with van der Waals surface area (Å²) in [6.45, 7) is 1.80. The van der Waals surface area contributed by atoms with Gasteiger partial charge in [-0.05, 0) is 36.6 Å². The van der Waals surface area contributed by atoms with Crippen molar-refractivity contribution < 1.29 is 24.2 Å². The minimum absolute atomic E-state index is 0.0707. The van der Waals surface area contributed by atoms with Crippen molar-refractivity contribution in [3.63, 3.8) is 0 Å². The van der Waals surface area contributed by atoms with Crippen molar-refractivity contribution in [2.75, 3.05) is 40.4 Å². The quantitative estimate of drug-likeness (QED) is 0.803. The number of nitrogens with zero attached hydrogens (tertiary/aromatic N) is 3. The first kappa shape index (κ1) is 20.2. The second kappa shape index (κ2) is 7.95. The summed E-state index contributed by atoms with van der Waals surface area (Å²) in [5, 5.41) is 10.00. The van der Waals surface area contributed by atoms with Gasteiger partial charge in [0, 0.05) is 43.4 Å². The van der Waals surface area contributed by atoms with Crippen LogP contribution in [0.15, 0.2) is 36.4 Å². The highest BCUT2D eigenvalue weighted by Crippen LogP contribution is 2.37. The number of rotatable bonds is 5. The Morgan fingerprint density at radius 3 is 2.13 bits per heavy atom. The van der Waals surface area contributed by atoms with E-state index in [1.807, 2.05) is 18.2 Å². The van der Waals surface area contributed by atoms with Gasteiger partial charge in [-0.3, -0.25) is 9.59 Å². The maximum Gasteiger partial charge on any atom is 0.254 e. The van der Waals surface area contributed by atoms with Gasteiger partial charge in [-0.15, -0.1) is 0 Å². The average Bonchev–Trinajstić information content (AvgIpc) is 3.56. The van der Waals surface area contributed by atoms with Crippen LogP contribution < -0.4 is 9.47 Å². The number of ether oxygens (including phenoxy) is 2. The molecular formula is C22H25N3O5. The summed E-state index contributed by atoms with van der Waals surface area (Å²) in [6, 6.07) is 10.9. The molecule has 8 nitrogen and oxygen atoms in total. The lowest BCUT2D eigenvalue weighted by atomic mass is 10.0. The predicted octanol–water partition coefficient (Wildman–Crippen LogP) is 1.58. The summed E-state index contributed by atoms with van der Waals surface area (Å²) < 4.78 is 10.5. The van der Waals surface area contributed by atoms with E-state index >= 15 is 0 Å². The second-order valence-electron chi connectivity index (χ2n) is 7.60. The van der Waals surface area contributed by atoms with Crippen molar-refractivity contribution in [1.29, 1.82) is 0 Å². The van der Waals surface area contributed by atoms with E-state index in [2.05, 4.69) is 4.98 Å². The number of aliphatic hydroxyl groups is 1. The van der Waals surface area contributed by atoms with Crippen molar-refractivity contribution >= 4 is 11.8 Å². The molecule has 2 aliphatic rings. The van der Waals surface area contributed by atoms with Crippen LogP contribution >= 0.6 is 0 Å². The molecule has 1 N–H and O–H groups in total. The third kappa shape index (κ3) is 3.82. The van der Waals surface area contributed by atoms with Crippen LogP contribution in [0.3, 0.4) is 0 Å². The molecule has 0 atom stereocenters. The van der Waals surface area contributed by atoms with Crippen LogP contribution in [-0.4, -0.2) is 77.7 Å². The number of carbonyl (C=O) groups excluding carboxylic acids is 2. The lowest BCUT2D eigenvalue weighted by Gasteiger charge is -2.35. The molecule has 2 aromatic rings. The van der Waals surface area contributed by atoms with Gasteiger partial charge in [0.15, 0.2) is 0 Å². The Bertz CT molecular complexity index is 948. The molecule has 2 heterocycles. The highest BCUT2D eigenvalue weighted by molar-refractivity contribution is 5.95. The molecule has 8 heteroatoms. The molecule has 0 spiro atoms. The van der Waals surface area contributed by atoms with Gasteiger partial charge in [-0.2, -0.15) is 4.98 Å². The minimum atomic E-state index is -1.15. The first-order chi connectivity index (χ1) is 14.4. The predicted molar refractivity (Wildman–Crippen MR) is 109 cm³/mol. The van der Waals surface area contributed by atoms with E-state index in [0.717, 1.165) is 11.1 Å². The number of piperazine rings is 1. The monoisotopic (exact) mass is 411 g/mol. The summed E-state index contributed by atoms with van der Waals surface area (Å²) in [4.78, 5) is 32.8. The Morgan fingerprint density at radius 2 is 1.57 bits per heavy atom. The van der Waals surface area contributed by atoms with Crippen LogP contribution in [0.2, 0.25) is 0 Å². The number of hydrogen-bond donors (Lipinski definition) is 1. The van der Waals surface area contributed by atoms with Gasteiger partial charge in [-0.25, -0.2) is 0 Å². The molecule has 2 amide bonds. The molecule has 30 heavy (non-hydrogen) atoms. The van der Waals surface area contributed by atoms with E-state index in [1.54, 1.807) is 42.2 Å². The van der Waals surface area contributed by atoms with Crippen molar-refractivity contribution in [3.05, 3.63) is 42.0 Å². The van der Waals surface area contributed by atoms with Crippen LogP contribution in [0.1, 0.15) is 23.2 Å². The first-order valence-electron chi connectivity index (χ1n) is 9.96. The number of pyridine rings is 1. The first-order valence-corrected chi connectivity index (χ1v) is 9.96. The highest BCUT2D eigenvalue weighted by Gasteiger charge is 2.50. The average molecular weight is 411 g/mol. The number of carbonyl (C=O) groups is 2. The molecule has 2 fully saturated rings. The maximum atomic E-state index is 12.9. The van der Waals surface area contributed by atoms with E-state index in [9.17, 15) is 14.7 Å². The zero-order valence-electron chi connectivity index (χ0n) is 17.1. The Labute approximate surface area is 175 Å². The molecule has 1 aliphatic carbocycles. The standard InChI is InChI=1S/C22H25N3O5/c1-29-18-8-7-17(19(23-18)30-2)15-3-5-16(6-4-15)20(26)24-11-13-25(14-12-24)21(27)22(28)9-10-22/h3-8,28H,9-14H2,1-2H3. The molecule has 1 aliphatic heterocycles. The van der Waals surface area contributed by atoms with E-state index in [0.29, 0.717) is 56.3 Å². The van der Waals surface area contributed by atoms with Gasteiger partial charge in [0.1, 0.15) is 5.60 Å². The van der Waals surface area contributed by atoms with Crippen LogP contribution in [-0.2, 0) is 4.79 Å². The highest BCUT2D eigenvalue weighted by atomic mass is 16.5. The van der Waals surface area contributed by atoms with E-state index in [4.69, 9.17) is 9.47 Å². The van der Waals surface area contributed by atoms with Crippen molar-refractivity contribution in [1.82, 2.24) is 14.8 Å². The Kier molecular flexibility index (Phi) is 5.34. The Morgan fingerprint density at radius 1 is 0.933 bits per heavy atom. The number of aromatic nitrogens is 1. The summed E-state index contributed by atoms with van der Waals surface area (Å²) in [6.07, 6.45) is 1.07. The van der Waals surface area contributed by atoms with Crippen LogP contribution in [0, 0.1) is 0 Å². The summed E-state index contributed by atoms with van der Waals surface area (Å²) in [5.41, 5.74) is 1.12. The van der Waals surface area contributed by atoms with E-state index in [1.165, 1.54) is 0 Å². The number of amides is 2. The van der Waals surface area contributed by atoms with Gasteiger partial charge in [-0.1, -0.05) is 12.1 Å². The second-order valence-corrected chi connectivity index (χ2v) is 7.60. The summed E-state index contributed by atoms with van der Waals surface area (Å²) in [5.74, 6) is 0.639. The lowest BCUT2D eigenvalue weighted by Crippen LogP contribution is -2.53. The Hall–Kier alpha value is -3.13. The zero-order chi connectivity index (χ0) is 21.3. The molecule has 1 aromatic heterocycles. The fourth-order valence-corrected chi connectivity index (χ4v) is 3.63. The SMILES string of the molecule is COc1ccc(-c2ccc(C(=O)N3CCN(C(=O)C4(O)CC4)CC3)cc2)c(OC)n1. The van der Waals surface area contributed by atoms with Crippen LogP contribution in [0.4, 0.5) is 0 Å². The topological polar surface area (TPSA) is 92.2 Å². The van der Waals surface area contributed by atoms with Crippen molar-refractivity contribution in [2.45, 2.75) is 18.4 Å². The van der Waals surface area contributed by atoms with Gasteiger partial charge >= 0.3 is 0 Å². The smallest absolute Gasteiger partial charge is 0.254 e. The number of methoxy groups -OCH3 is 2. The van der Waals surface area contributed by atoms with Crippen molar-refractivity contribution in [3.8, 4) is 22.9 Å². The Balaban J connectivity index is 1.42. The lowest BCUT2D eigenvalue weighted by molar-refractivity contribution is -0.143. The maximum absolute atomic E-state index is 12.9. The molecule has 1 saturated carbocycles. The van der Waals surface area contributed by atoms with Gasteiger partial charge in [0.2, 0.25) is 11.8 Å². The largest absolute Gasteiger partial charge is 0.481 e. The minimum Gasteiger partial charge on any atom is -0.481 e.